The van der Waals surface area contributed by atoms with E-state index in [0.717, 1.165) is 22.5 Å². The second-order valence-corrected chi connectivity index (χ2v) is 6.11. The van der Waals surface area contributed by atoms with Crippen molar-refractivity contribution >= 4 is 17.5 Å². The molecule has 2 N–H and O–H groups in total. The summed E-state index contributed by atoms with van der Waals surface area (Å²) in [5.74, 6) is -0.166. The van der Waals surface area contributed by atoms with E-state index in [-0.39, 0.29) is 25.0 Å². The Kier molecular flexibility index (Phi) is 5.95. The molecule has 2 amide bonds. The third-order valence-corrected chi connectivity index (χ3v) is 4.15. The molecule has 1 aromatic heterocycles. The van der Waals surface area contributed by atoms with Crippen molar-refractivity contribution in [2.45, 2.75) is 13.8 Å². The van der Waals surface area contributed by atoms with Crippen LogP contribution in [-0.4, -0.2) is 45.2 Å². The summed E-state index contributed by atoms with van der Waals surface area (Å²) in [7, 11) is 0. The number of anilines is 1. The number of hydrogen-bond acceptors (Lipinski definition) is 6. The average molecular weight is 380 g/mol. The van der Waals surface area contributed by atoms with Crippen molar-refractivity contribution in [2.75, 3.05) is 18.5 Å². The highest BCUT2D eigenvalue weighted by Crippen LogP contribution is 2.17. The van der Waals surface area contributed by atoms with E-state index >= 15 is 0 Å². The summed E-state index contributed by atoms with van der Waals surface area (Å²) in [6, 6.07) is 12.6. The number of aryl methyl sites for hydroxylation is 1. The lowest BCUT2D eigenvalue weighted by Crippen LogP contribution is -2.35. The van der Waals surface area contributed by atoms with E-state index in [1.165, 1.54) is 11.0 Å². The second-order valence-electron chi connectivity index (χ2n) is 6.11. The van der Waals surface area contributed by atoms with Crippen LogP contribution in [0.1, 0.15) is 11.1 Å². The van der Waals surface area contributed by atoms with Crippen LogP contribution in [0.5, 0.6) is 5.75 Å². The van der Waals surface area contributed by atoms with Crippen molar-refractivity contribution in [2.24, 2.45) is 0 Å². The summed E-state index contributed by atoms with van der Waals surface area (Å²) in [5.41, 5.74) is 3.58. The van der Waals surface area contributed by atoms with Crippen molar-refractivity contribution in [1.29, 1.82) is 0 Å². The van der Waals surface area contributed by atoms with Gasteiger partial charge in [-0.2, -0.15) is 0 Å². The van der Waals surface area contributed by atoms with Crippen LogP contribution in [0.15, 0.2) is 48.8 Å². The predicted octanol–water partition coefficient (Wildman–Crippen LogP) is 1.41. The zero-order valence-electron chi connectivity index (χ0n) is 15.5. The minimum Gasteiger partial charge on any atom is -0.484 e. The number of benzene rings is 2. The molecule has 0 aliphatic heterocycles. The Labute approximate surface area is 161 Å². The number of carbonyl (C=O) groups excluding carboxylic acids is 2. The van der Waals surface area contributed by atoms with Crippen molar-refractivity contribution in [1.82, 2.24) is 25.5 Å². The van der Waals surface area contributed by atoms with Gasteiger partial charge in [0.05, 0.1) is 12.2 Å². The molecule has 0 spiro atoms. The van der Waals surface area contributed by atoms with E-state index in [4.69, 9.17) is 4.74 Å². The number of tetrazole rings is 1. The maximum atomic E-state index is 12.0. The van der Waals surface area contributed by atoms with Crippen LogP contribution in [0.4, 0.5) is 5.69 Å². The van der Waals surface area contributed by atoms with Crippen LogP contribution in [0.2, 0.25) is 0 Å². The fourth-order valence-corrected chi connectivity index (χ4v) is 2.43. The topological polar surface area (TPSA) is 111 Å². The molecule has 28 heavy (non-hydrogen) atoms. The molecule has 9 heteroatoms. The number of amides is 2. The Balaban J connectivity index is 1.43. The average Bonchev–Trinajstić information content (AvgIpc) is 3.23. The van der Waals surface area contributed by atoms with Gasteiger partial charge in [-0.15, -0.1) is 5.10 Å². The first-order valence-corrected chi connectivity index (χ1v) is 8.62. The SMILES string of the molecule is Cc1cccc(NC(=O)CNC(=O)COc2ccc(-n3cnnn3)cc2)c1C. The largest absolute Gasteiger partial charge is 0.484 e. The van der Waals surface area contributed by atoms with E-state index in [0.29, 0.717) is 5.75 Å². The quantitative estimate of drug-likeness (QED) is 0.641. The summed E-state index contributed by atoms with van der Waals surface area (Å²) in [5, 5.41) is 16.2. The number of ether oxygens (including phenoxy) is 1. The van der Waals surface area contributed by atoms with Gasteiger partial charge in [0.25, 0.3) is 5.91 Å². The standard InChI is InChI=1S/C19H20N6O3/c1-13-4-3-5-17(14(13)2)22-18(26)10-20-19(27)11-28-16-8-6-15(7-9-16)25-12-21-23-24-25/h3-9,12H,10-11H2,1-2H3,(H,20,27)(H,22,26). The number of carbonyl (C=O) groups is 2. The van der Waals surface area contributed by atoms with Crippen LogP contribution in [-0.2, 0) is 9.59 Å². The van der Waals surface area contributed by atoms with Crippen molar-refractivity contribution in [3.05, 3.63) is 59.9 Å². The van der Waals surface area contributed by atoms with Gasteiger partial charge >= 0.3 is 0 Å². The normalized spacial score (nSPS) is 10.4. The van der Waals surface area contributed by atoms with E-state index in [1.807, 2.05) is 32.0 Å². The molecule has 1 heterocycles. The van der Waals surface area contributed by atoms with Crippen LogP contribution < -0.4 is 15.4 Å². The molecule has 0 fully saturated rings. The predicted molar refractivity (Wildman–Crippen MR) is 102 cm³/mol. The Bertz CT molecular complexity index is 954. The number of nitrogens with one attached hydrogen (secondary N) is 2. The Hall–Kier alpha value is -3.75. The van der Waals surface area contributed by atoms with Gasteiger partial charge in [0.1, 0.15) is 12.1 Å². The van der Waals surface area contributed by atoms with E-state index in [1.54, 1.807) is 24.3 Å². The Morgan fingerprint density at radius 3 is 2.57 bits per heavy atom. The first-order chi connectivity index (χ1) is 13.5. The minimum atomic E-state index is -0.388. The summed E-state index contributed by atoms with van der Waals surface area (Å²) in [6.45, 7) is 3.58. The summed E-state index contributed by atoms with van der Waals surface area (Å²) < 4.78 is 6.93. The number of nitrogens with zero attached hydrogens (tertiary/aromatic N) is 4. The first kappa shape index (κ1) is 19.0. The molecule has 0 bridgehead atoms. The molecule has 0 radical (unpaired) electrons. The van der Waals surface area contributed by atoms with Crippen molar-refractivity contribution < 1.29 is 14.3 Å². The monoisotopic (exact) mass is 380 g/mol. The lowest BCUT2D eigenvalue weighted by atomic mass is 10.1. The smallest absolute Gasteiger partial charge is 0.258 e. The van der Waals surface area contributed by atoms with Crippen molar-refractivity contribution in [3.8, 4) is 11.4 Å². The highest BCUT2D eigenvalue weighted by molar-refractivity contribution is 5.95. The zero-order chi connectivity index (χ0) is 19.9. The minimum absolute atomic E-state index is 0.131. The zero-order valence-corrected chi connectivity index (χ0v) is 15.5. The molecular formula is C19H20N6O3. The first-order valence-electron chi connectivity index (χ1n) is 8.62. The molecule has 144 valence electrons. The lowest BCUT2D eigenvalue weighted by molar-refractivity contribution is -0.125. The van der Waals surface area contributed by atoms with Gasteiger partial charge < -0.3 is 15.4 Å². The molecule has 0 aliphatic carbocycles. The maximum Gasteiger partial charge on any atom is 0.258 e. The summed E-state index contributed by atoms with van der Waals surface area (Å²) >= 11 is 0. The molecule has 9 nitrogen and oxygen atoms in total. The molecule has 3 rings (SSSR count). The fraction of sp³-hybridized carbons (Fsp3) is 0.211. The van der Waals surface area contributed by atoms with Crippen LogP contribution in [0.3, 0.4) is 0 Å². The molecular weight excluding hydrogens is 360 g/mol. The van der Waals surface area contributed by atoms with Gasteiger partial charge in [0.2, 0.25) is 5.91 Å². The van der Waals surface area contributed by atoms with E-state index < -0.39 is 0 Å². The van der Waals surface area contributed by atoms with Crippen LogP contribution in [0, 0.1) is 13.8 Å². The molecule has 0 atom stereocenters. The summed E-state index contributed by atoms with van der Waals surface area (Å²) in [6.07, 6.45) is 1.48. The second kappa shape index (κ2) is 8.76. The molecule has 3 aromatic rings. The van der Waals surface area contributed by atoms with Gasteiger partial charge in [0.15, 0.2) is 6.61 Å². The molecule has 0 saturated carbocycles. The van der Waals surface area contributed by atoms with Gasteiger partial charge in [0, 0.05) is 5.69 Å². The molecule has 0 unspecified atom stereocenters. The van der Waals surface area contributed by atoms with Crippen LogP contribution in [0.25, 0.3) is 5.69 Å². The highest BCUT2D eigenvalue weighted by Gasteiger charge is 2.09. The number of aromatic nitrogens is 4. The summed E-state index contributed by atoms with van der Waals surface area (Å²) in [4.78, 5) is 23.9. The maximum absolute atomic E-state index is 12.0. The third kappa shape index (κ3) is 4.91. The molecule has 0 aliphatic rings. The highest BCUT2D eigenvalue weighted by atomic mass is 16.5. The van der Waals surface area contributed by atoms with Crippen molar-refractivity contribution in [3.63, 3.8) is 0 Å². The molecule has 2 aromatic carbocycles. The Morgan fingerprint density at radius 1 is 1.07 bits per heavy atom. The Morgan fingerprint density at radius 2 is 1.86 bits per heavy atom. The third-order valence-electron chi connectivity index (χ3n) is 4.15. The van der Waals surface area contributed by atoms with E-state index in [2.05, 4.69) is 26.2 Å². The van der Waals surface area contributed by atoms with Gasteiger partial charge in [-0.1, -0.05) is 12.1 Å². The lowest BCUT2D eigenvalue weighted by Gasteiger charge is -2.11. The fourth-order valence-electron chi connectivity index (χ4n) is 2.43. The number of hydrogen-bond donors (Lipinski definition) is 2. The van der Waals surface area contributed by atoms with Gasteiger partial charge in [-0.3, -0.25) is 9.59 Å². The number of rotatable bonds is 7. The van der Waals surface area contributed by atoms with Crippen LogP contribution >= 0.6 is 0 Å². The molecule has 0 saturated heterocycles. The van der Waals surface area contributed by atoms with Gasteiger partial charge in [-0.25, -0.2) is 4.68 Å². The van der Waals surface area contributed by atoms with Gasteiger partial charge in [-0.05, 0) is 65.7 Å². The van der Waals surface area contributed by atoms with E-state index in [9.17, 15) is 9.59 Å².